The lowest BCUT2D eigenvalue weighted by molar-refractivity contribution is -0.129. The summed E-state index contributed by atoms with van der Waals surface area (Å²) >= 11 is 0. The number of benzene rings is 1. The number of fused-ring (bicyclic) bond motifs is 1. The summed E-state index contributed by atoms with van der Waals surface area (Å²) in [6.07, 6.45) is 2.94. The van der Waals surface area contributed by atoms with Gasteiger partial charge in [-0.15, -0.1) is 0 Å². The molecule has 3 aliphatic heterocycles. The molecule has 4 rings (SSSR count). The third-order valence-corrected chi connectivity index (χ3v) is 8.63. The molecule has 3 atom stereocenters. The Hall–Kier alpha value is -2.13. The van der Waals surface area contributed by atoms with Crippen molar-refractivity contribution in [2.45, 2.75) is 49.8 Å². The average molecular weight is 450 g/mol. The molecule has 9 heteroatoms. The summed E-state index contributed by atoms with van der Waals surface area (Å²) in [4.78, 5) is 28.7. The lowest BCUT2D eigenvalue weighted by Crippen LogP contribution is -2.48. The Bertz CT molecular complexity index is 966. The molecule has 0 aliphatic carbocycles. The van der Waals surface area contributed by atoms with Gasteiger partial charge in [0, 0.05) is 44.5 Å². The van der Waals surface area contributed by atoms with Gasteiger partial charge in [-0.1, -0.05) is 18.2 Å². The minimum atomic E-state index is -3.00. The maximum atomic E-state index is 12.9. The lowest BCUT2D eigenvalue weighted by Gasteiger charge is -2.42. The van der Waals surface area contributed by atoms with Crippen molar-refractivity contribution in [1.29, 1.82) is 0 Å². The second kappa shape index (κ2) is 8.43. The fraction of sp³-hybridized carbons (Fsp3) is 0.636. The van der Waals surface area contributed by atoms with E-state index < -0.39 is 15.4 Å². The van der Waals surface area contributed by atoms with E-state index in [9.17, 15) is 18.0 Å². The molecule has 1 spiro atoms. The van der Waals surface area contributed by atoms with Crippen LogP contribution < -0.4 is 10.1 Å². The molecule has 31 heavy (non-hydrogen) atoms. The molecule has 8 nitrogen and oxygen atoms in total. The molecule has 1 aromatic carbocycles. The van der Waals surface area contributed by atoms with Gasteiger partial charge < -0.3 is 15.0 Å². The number of para-hydroxylation sites is 1. The van der Waals surface area contributed by atoms with Crippen molar-refractivity contribution in [3.8, 4) is 5.75 Å². The van der Waals surface area contributed by atoms with Gasteiger partial charge in [0.15, 0.2) is 9.84 Å². The van der Waals surface area contributed by atoms with Crippen LogP contribution in [0, 0.1) is 0 Å². The van der Waals surface area contributed by atoms with Crippen LogP contribution in [0.25, 0.3) is 0 Å². The zero-order valence-corrected chi connectivity index (χ0v) is 19.0. The normalized spacial score (nSPS) is 30.0. The maximum absolute atomic E-state index is 12.9. The Morgan fingerprint density at radius 1 is 1.32 bits per heavy atom. The van der Waals surface area contributed by atoms with E-state index >= 15 is 0 Å². The van der Waals surface area contributed by atoms with Crippen LogP contribution in [0.5, 0.6) is 5.75 Å². The predicted molar refractivity (Wildman–Crippen MR) is 116 cm³/mol. The first-order valence-corrected chi connectivity index (χ1v) is 12.7. The van der Waals surface area contributed by atoms with Gasteiger partial charge in [0.1, 0.15) is 11.4 Å². The van der Waals surface area contributed by atoms with Gasteiger partial charge >= 0.3 is 0 Å². The summed E-state index contributed by atoms with van der Waals surface area (Å²) in [6, 6.07) is 7.40. The standard InChI is InChI=1S/C22H31N3O5S/c1-24-11-10-22(9-7-21(24)27)13-18(17-5-3-4-6-19(17)30-22)23-20(26)14-25(2)16-8-12-31(28,29)15-16/h3-6,16,18H,7-15H2,1-2H3,(H,23,26)/t16-,18+,22+/m0/s1. The van der Waals surface area contributed by atoms with E-state index in [-0.39, 0.29) is 41.9 Å². The van der Waals surface area contributed by atoms with Crippen molar-refractivity contribution in [2.24, 2.45) is 0 Å². The highest BCUT2D eigenvalue weighted by Gasteiger charge is 2.43. The second-order valence-corrected chi connectivity index (χ2v) is 11.4. The summed E-state index contributed by atoms with van der Waals surface area (Å²) in [5, 5.41) is 3.16. The third-order valence-electron chi connectivity index (χ3n) is 6.88. The zero-order valence-electron chi connectivity index (χ0n) is 18.2. The van der Waals surface area contributed by atoms with E-state index in [2.05, 4.69) is 5.32 Å². The monoisotopic (exact) mass is 449 g/mol. The number of likely N-dealkylation sites (tertiary alicyclic amines) is 1. The van der Waals surface area contributed by atoms with E-state index in [0.717, 1.165) is 17.7 Å². The molecule has 3 aliphatic rings. The van der Waals surface area contributed by atoms with Crippen molar-refractivity contribution in [1.82, 2.24) is 15.1 Å². The quantitative estimate of drug-likeness (QED) is 0.740. The van der Waals surface area contributed by atoms with E-state index in [0.29, 0.717) is 32.2 Å². The molecule has 2 amide bonds. The van der Waals surface area contributed by atoms with Crippen LogP contribution in [0.2, 0.25) is 0 Å². The molecule has 1 aromatic rings. The number of carbonyl (C=O) groups is 2. The molecular weight excluding hydrogens is 418 g/mol. The van der Waals surface area contributed by atoms with Crippen molar-refractivity contribution < 1.29 is 22.7 Å². The summed E-state index contributed by atoms with van der Waals surface area (Å²) in [5.41, 5.74) is 0.453. The number of nitrogens with zero attached hydrogens (tertiary/aromatic N) is 2. The first-order chi connectivity index (χ1) is 14.7. The zero-order chi connectivity index (χ0) is 22.2. The third kappa shape index (κ3) is 4.87. The van der Waals surface area contributed by atoms with Crippen molar-refractivity contribution >= 4 is 21.7 Å². The van der Waals surface area contributed by atoms with E-state index in [4.69, 9.17) is 4.74 Å². The second-order valence-electron chi connectivity index (χ2n) is 9.18. The van der Waals surface area contributed by atoms with Crippen LogP contribution in [0.4, 0.5) is 0 Å². The molecule has 1 N–H and O–H groups in total. The Labute approximate surface area is 183 Å². The number of ether oxygens (including phenoxy) is 1. The highest BCUT2D eigenvalue weighted by molar-refractivity contribution is 7.91. The Morgan fingerprint density at radius 3 is 2.84 bits per heavy atom. The number of sulfone groups is 1. The van der Waals surface area contributed by atoms with Crippen molar-refractivity contribution in [2.75, 3.05) is 38.7 Å². The molecule has 0 saturated carbocycles. The van der Waals surface area contributed by atoms with Crippen LogP contribution in [-0.4, -0.2) is 80.4 Å². The average Bonchev–Trinajstić information content (AvgIpc) is 3.04. The highest BCUT2D eigenvalue weighted by Crippen LogP contribution is 2.44. The fourth-order valence-corrected chi connectivity index (χ4v) is 6.72. The molecule has 2 fully saturated rings. The molecule has 0 unspecified atom stereocenters. The van der Waals surface area contributed by atoms with Gasteiger partial charge in [0.25, 0.3) is 0 Å². The number of likely N-dealkylation sites (N-methyl/N-ethyl adjacent to an activating group) is 1. The van der Waals surface area contributed by atoms with Crippen molar-refractivity contribution in [3.05, 3.63) is 29.8 Å². The number of nitrogens with one attached hydrogen (secondary N) is 1. The lowest BCUT2D eigenvalue weighted by atomic mass is 9.82. The van der Waals surface area contributed by atoms with E-state index in [1.54, 1.807) is 11.9 Å². The summed E-state index contributed by atoms with van der Waals surface area (Å²) in [5.74, 6) is 1.04. The summed E-state index contributed by atoms with van der Waals surface area (Å²) in [6.45, 7) is 0.772. The van der Waals surface area contributed by atoms with Gasteiger partial charge in [0.2, 0.25) is 11.8 Å². The minimum absolute atomic E-state index is 0.113. The van der Waals surface area contributed by atoms with Gasteiger partial charge in [-0.05, 0) is 26.0 Å². The van der Waals surface area contributed by atoms with Crippen LogP contribution >= 0.6 is 0 Å². The van der Waals surface area contributed by atoms with E-state index in [1.165, 1.54) is 0 Å². The number of hydrogen-bond donors (Lipinski definition) is 1. The van der Waals surface area contributed by atoms with Gasteiger partial charge in [-0.3, -0.25) is 14.5 Å². The SMILES string of the molecule is CN1CC[C@]2(CCC1=O)C[C@@H](NC(=O)CN(C)[C@H]1CCS(=O)(=O)C1)c1ccccc1O2. The van der Waals surface area contributed by atoms with Gasteiger partial charge in [-0.25, -0.2) is 8.42 Å². The fourth-order valence-electron chi connectivity index (χ4n) is 4.92. The molecule has 170 valence electrons. The number of rotatable bonds is 4. The molecule has 0 radical (unpaired) electrons. The van der Waals surface area contributed by atoms with Crippen LogP contribution in [-0.2, 0) is 19.4 Å². The molecule has 0 bridgehead atoms. The molecule has 0 aromatic heterocycles. The first-order valence-electron chi connectivity index (χ1n) is 10.9. The Morgan fingerprint density at radius 2 is 2.10 bits per heavy atom. The largest absolute Gasteiger partial charge is 0.487 e. The summed E-state index contributed by atoms with van der Waals surface area (Å²) < 4.78 is 30.0. The van der Waals surface area contributed by atoms with Crippen LogP contribution in [0.1, 0.15) is 43.7 Å². The van der Waals surface area contributed by atoms with Gasteiger partial charge in [0.05, 0.1) is 24.1 Å². The predicted octanol–water partition coefficient (Wildman–Crippen LogP) is 1.13. The minimum Gasteiger partial charge on any atom is -0.487 e. The topological polar surface area (TPSA) is 96.0 Å². The Kier molecular flexibility index (Phi) is 6.00. The smallest absolute Gasteiger partial charge is 0.234 e. The maximum Gasteiger partial charge on any atom is 0.234 e. The highest BCUT2D eigenvalue weighted by atomic mass is 32.2. The molecular formula is C22H31N3O5S. The van der Waals surface area contributed by atoms with E-state index in [1.807, 2.05) is 36.2 Å². The van der Waals surface area contributed by atoms with Crippen LogP contribution in [0.15, 0.2) is 24.3 Å². The number of carbonyl (C=O) groups excluding carboxylic acids is 2. The van der Waals surface area contributed by atoms with Crippen molar-refractivity contribution in [3.63, 3.8) is 0 Å². The number of hydrogen-bond acceptors (Lipinski definition) is 6. The van der Waals surface area contributed by atoms with Gasteiger partial charge in [-0.2, -0.15) is 0 Å². The molecule has 3 heterocycles. The first kappa shape index (κ1) is 22.1. The van der Waals surface area contributed by atoms with Crippen LogP contribution in [0.3, 0.4) is 0 Å². The summed E-state index contributed by atoms with van der Waals surface area (Å²) in [7, 11) is 0.623. The molecule has 2 saturated heterocycles. The Balaban J connectivity index is 1.47. The number of amides is 2.